The smallest absolute Gasteiger partial charge is 0.220 e. The standard InChI is InChI=1S/C15H19N3O2/c1-20-14-6-3-13(4-7-14)5-8-15(19)16-10-12-18-11-2-9-17-18/h2-4,6-7,9,11H,5,8,10,12H2,1H3,(H,16,19). The number of benzene rings is 1. The van der Waals surface area contributed by atoms with Crippen LogP contribution in [-0.2, 0) is 17.8 Å². The average molecular weight is 273 g/mol. The number of amides is 1. The number of nitrogens with one attached hydrogen (secondary N) is 1. The summed E-state index contributed by atoms with van der Waals surface area (Å²) in [5.74, 6) is 0.894. The van der Waals surface area contributed by atoms with E-state index >= 15 is 0 Å². The first-order valence-corrected chi connectivity index (χ1v) is 6.65. The lowest BCUT2D eigenvalue weighted by Gasteiger charge is -2.06. The second-order valence-electron chi connectivity index (χ2n) is 4.47. The number of hydrogen-bond donors (Lipinski definition) is 1. The molecule has 1 aromatic heterocycles. The molecule has 106 valence electrons. The van der Waals surface area contributed by atoms with E-state index < -0.39 is 0 Å². The van der Waals surface area contributed by atoms with E-state index in [4.69, 9.17) is 4.74 Å². The van der Waals surface area contributed by atoms with Crippen LogP contribution in [0.5, 0.6) is 5.75 Å². The summed E-state index contributed by atoms with van der Waals surface area (Å²) in [7, 11) is 1.64. The van der Waals surface area contributed by atoms with Gasteiger partial charge < -0.3 is 10.1 Å². The van der Waals surface area contributed by atoms with Crippen molar-refractivity contribution in [2.45, 2.75) is 19.4 Å². The lowest BCUT2D eigenvalue weighted by molar-refractivity contribution is -0.121. The van der Waals surface area contributed by atoms with E-state index in [9.17, 15) is 4.79 Å². The van der Waals surface area contributed by atoms with Gasteiger partial charge in [-0.3, -0.25) is 9.48 Å². The molecule has 2 aromatic rings. The minimum absolute atomic E-state index is 0.0629. The predicted molar refractivity (Wildman–Crippen MR) is 76.6 cm³/mol. The van der Waals surface area contributed by atoms with Crippen molar-refractivity contribution in [1.29, 1.82) is 0 Å². The van der Waals surface area contributed by atoms with Gasteiger partial charge >= 0.3 is 0 Å². The number of carbonyl (C=O) groups is 1. The monoisotopic (exact) mass is 273 g/mol. The zero-order chi connectivity index (χ0) is 14.2. The molecule has 0 aliphatic rings. The third-order valence-electron chi connectivity index (χ3n) is 3.02. The van der Waals surface area contributed by atoms with E-state index in [0.717, 1.165) is 17.7 Å². The fraction of sp³-hybridized carbons (Fsp3) is 0.333. The molecule has 1 aromatic carbocycles. The van der Waals surface area contributed by atoms with Crippen LogP contribution >= 0.6 is 0 Å². The highest BCUT2D eigenvalue weighted by Gasteiger charge is 2.02. The van der Waals surface area contributed by atoms with Crippen molar-refractivity contribution < 1.29 is 9.53 Å². The molecule has 0 atom stereocenters. The van der Waals surface area contributed by atoms with E-state index in [0.29, 0.717) is 19.5 Å². The Kier molecular flexibility index (Phi) is 5.17. The predicted octanol–water partition coefficient (Wildman–Crippen LogP) is 1.64. The van der Waals surface area contributed by atoms with Gasteiger partial charge in [0.15, 0.2) is 0 Å². The summed E-state index contributed by atoms with van der Waals surface area (Å²) < 4.78 is 6.89. The highest BCUT2D eigenvalue weighted by Crippen LogP contribution is 2.12. The fourth-order valence-corrected chi connectivity index (χ4v) is 1.88. The molecule has 5 nitrogen and oxygen atoms in total. The van der Waals surface area contributed by atoms with Crippen molar-refractivity contribution >= 4 is 5.91 Å². The maximum absolute atomic E-state index is 11.7. The highest BCUT2D eigenvalue weighted by atomic mass is 16.5. The molecular weight excluding hydrogens is 254 g/mol. The Hall–Kier alpha value is -2.30. The minimum Gasteiger partial charge on any atom is -0.497 e. The average Bonchev–Trinajstić information content (AvgIpc) is 2.99. The van der Waals surface area contributed by atoms with Gasteiger partial charge in [-0.2, -0.15) is 5.10 Å². The summed E-state index contributed by atoms with van der Waals surface area (Å²) >= 11 is 0. The van der Waals surface area contributed by atoms with Gasteiger partial charge in [-0.1, -0.05) is 12.1 Å². The molecule has 1 heterocycles. The van der Waals surface area contributed by atoms with Crippen LogP contribution in [0, 0.1) is 0 Å². The Bertz CT molecular complexity index is 521. The third-order valence-corrected chi connectivity index (χ3v) is 3.02. The van der Waals surface area contributed by atoms with Crippen LogP contribution in [0.4, 0.5) is 0 Å². The van der Waals surface area contributed by atoms with E-state index in [1.54, 1.807) is 18.0 Å². The van der Waals surface area contributed by atoms with Gasteiger partial charge in [0, 0.05) is 25.4 Å². The lowest BCUT2D eigenvalue weighted by Crippen LogP contribution is -2.27. The summed E-state index contributed by atoms with van der Waals surface area (Å²) in [6.07, 6.45) is 4.83. The molecule has 2 rings (SSSR count). The Balaban J connectivity index is 1.66. The SMILES string of the molecule is COc1ccc(CCC(=O)NCCn2cccn2)cc1. The van der Waals surface area contributed by atoms with Gasteiger partial charge in [-0.15, -0.1) is 0 Å². The number of nitrogens with zero attached hydrogens (tertiary/aromatic N) is 2. The van der Waals surface area contributed by atoms with E-state index in [-0.39, 0.29) is 5.91 Å². The summed E-state index contributed by atoms with van der Waals surface area (Å²) in [6, 6.07) is 9.65. The van der Waals surface area contributed by atoms with Gasteiger partial charge in [-0.25, -0.2) is 0 Å². The van der Waals surface area contributed by atoms with Crippen LogP contribution in [0.1, 0.15) is 12.0 Å². The molecule has 5 heteroatoms. The van der Waals surface area contributed by atoms with Crippen LogP contribution in [0.3, 0.4) is 0 Å². The molecule has 0 radical (unpaired) electrons. The Labute approximate surface area is 118 Å². The first-order chi connectivity index (χ1) is 9.78. The van der Waals surface area contributed by atoms with Gasteiger partial charge in [-0.05, 0) is 30.2 Å². The molecule has 1 amide bonds. The fourth-order valence-electron chi connectivity index (χ4n) is 1.88. The van der Waals surface area contributed by atoms with Crippen LogP contribution in [0.2, 0.25) is 0 Å². The zero-order valence-electron chi connectivity index (χ0n) is 11.6. The first kappa shape index (κ1) is 14.1. The van der Waals surface area contributed by atoms with Crippen molar-refractivity contribution in [1.82, 2.24) is 15.1 Å². The largest absolute Gasteiger partial charge is 0.497 e. The van der Waals surface area contributed by atoms with E-state index in [1.807, 2.05) is 36.5 Å². The van der Waals surface area contributed by atoms with Crippen molar-refractivity contribution in [3.8, 4) is 5.75 Å². The van der Waals surface area contributed by atoms with Crippen LogP contribution in [0.15, 0.2) is 42.7 Å². The molecule has 20 heavy (non-hydrogen) atoms. The van der Waals surface area contributed by atoms with Crippen LogP contribution in [-0.4, -0.2) is 29.3 Å². The Morgan fingerprint density at radius 1 is 1.35 bits per heavy atom. The number of hydrogen-bond acceptors (Lipinski definition) is 3. The first-order valence-electron chi connectivity index (χ1n) is 6.65. The maximum atomic E-state index is 11.7. The van der Waals surface area contributed by atoms with E-state index in [2.05, 4.69) is 10.4 Å². The molecule has 0 saturated heterocycles. The number of carbonyl (C=O) groups excluding carboxylic acids is 1. The third kappa shape index (κ3) is 4.42. The van der Waals surface area contributed by atoms with Crippen molar-refractivity contribution in [2.75, 3.05) is 13.7 Å². The van der Waals surface area contributed by atoms with Gasteiger partial charge in [0.2, 0.25) is 5.91 Å². The highest BCUT2D eigenvalue weighted by molar-refractivity contribution is 5.76. The summed E-state index contributed by atoms with van der Waals surface area (Å²) in [4.78, 5) is 11.7. The summed E-state index contributed by atoms with van der Waals surface area (Å²) in [5, 5.41) is 6.97. The number of aryl methyl sites for hydroxylation is 1. The molecule has 1 N–H and O–H groups in total. The van der Waals surface area contributed by atoms with E-state index in [1.165, 1.54) is 0 Å². The van der Waals surface area contributed by atoms with Crippen molar-refractivity contribution in [3.05, 3.63) is 48.3 Å². The second kappa shape index (κ2) is 7.33. The lowest BCUT2D eigenvalue weighted by atomic mass is 10.1. The quantitative estimate of drug-likeness (QED) is 0.834. The van der Waals surface area contributed by atoms with Crippen molar-refractivity contribution in [2.24, 2.45) is 0 Å². The van der Waals surface area contributed by atoms with Gasteiger partial charge in [0.05, 0.1) is 13.7 Å². The van der Waals surface area contributed by atoms with Crippen molar-refractivity contribution in [3.63, 3.8) is 0 Å². The molecule has 0 saturated carbocycles. The normalized spacial score (nSPS) is 10.2. The molecule has 0 aliphatic heterocycles. The van der Waals surface area contributed by atoms with Crippen LogP contribution in [0.25, 0.3) is 0 Å². The molecule has 0 unspecified atom stereocenters. The number of aromatic nitrogens is 2. The Morgan fingerprint density at radius 2 is 2.15 bits per heavy atom. The number of ether oxygens (including phenoxy) is 1. The summed E-state index contributed by atoms with van der Waals surface area (Å²) in [5.41, 5.74) is 1.13. The zero-order valence-corrected chi connectivity index (χ0v) is 11.6. The molecule has 0 bridgehead atoms. The number of methoxy groups -OCH3 is 1. The van der Waals surface area contributed by atoms with Crippen LogP contribution < -0.4 is 10.1 Å². The second-order valence-corrected chi connectivity index (χ2v) is 4.47. The number of rotatable bonds is 7. The maximum Gasteiger partial charge on any atom is 0.220 e. The summed E-state index contributed by atoms with van der Waals surface area (Å²) in [6.45, 7) is 1.30. The molecule has 0 aliphatic carbocycles. The Morgan fingerprint density at radius 3 is 2.80 bits per heavy atom. The molecular formula is C15H19N3O2. The van der Waals surface area contributed by atoms with Gasteiger partial charge in [0.1, 0.15) is 5.75 Å². The van der Waals surface area contributed by atoms with Gasteiger partial charge in [0.25, 0.3) is 0 Å². The minimum atomic E-state index is 0.0629. The molecule has 0 fully saturated rings. The molecule has 0 spiro atoms. The topological polar surface area (TPSA) is 56.1 Å².